The number of nitrogens with one attached hydrogen (secondary N) is 2. The number of hydrogen-bond acceptors (Lipinski definition) is 5. The molecule has 0 radical (unpaired) electrons. The standard InChI is InChI=1S/C21H26N2O4S/c1-3-19-18-10-7-15(11-16(18)12-22-19)21(25)23-20(13-24)14-5-8-17(9-6-14)28(26,27)4-2/h5-11,19-20,22,24H,3-4,12-13H2,1-2H3,(H,23,25)/t19-,20+/m1/s1. The van der Waals surface area contributed by atoms with Gasteiger partial charge in [0.15, 0.2) is 9.84 Å². The summed E-state index contributed by atoms with van der Waals surface area (Å²) in [4.78, 5) is 12.9. The molecular formula is C21H26N2O4S. The molecule has 0 aliphatic carbocycles. The number of carbonyl (C=O) groups is 1. The highest BCUT2D eigenvalue weighted by Crippen LogP contribution is 2.28. The van der Waals surface area contributed by atoms with Crippen LogP contribution in [0.15, 0.2) is 47.4 Å². The highest BCUT2D eigenvalue weighted by Gasteiger charge is 2.22. The molecule has 2 atom stereocenters. The van der Waals surface area contributed by atoms with Crippen LogP contribution < -0.4 is 10.6 Å². The van der Waals surface area contributed by atoms with Crippen LogP contribution in [0.25, 0.3) is 0 Å². The fourth-order valence-electron chi connectivity index (χ4n) is 3.50. The summed E-state index contributed by atoms with van der Waals surface area (Å²) in [5, 5.41) is 16.0. The third-order valence-corrected chi connectivity index (χ3v) is 6.99. The average molecular weight is 403 g/mol. The molecule has 28 heavy (non-hydrogen) atoms. The fourth-order valence-corrected chi connectivity index (χ4v) is 4.38. The monoisotopic (exact) mass is 402 g/mol. The van der Waals surface area contributed by atoms with E-state index < -0.39 is 15.9 Å². The summed E-state index contributed by atoms with van der Waals surface area (Å²) in [6.07, 6.45) is 0.995. The van der Waals surface area contributed by atoms with Crippen LogP contribution in [0.4, 0.5) is 0 Å². The van der Waals surface area contributed by atoms with E-state index in [0.717, 1.165) is 18.5 Å². The first-order valence-corrected chi connectivity index (χ1v) is 11.2. The Labute approximate surface area is 165 Å². The third-order valence-electron chi connectivity index (χ3n) is 5.24. The maximum Gasteiger partial charge on any atom is 0.251 e. The zero-order valence-electron chi connectivity index (χ0n) is 16.1. The number of sulfone groups is 1. The van der Waals surface area contributed by atoms with Gasteiger partial charge in [-0.05, 0) is 47.4 Å². The molecule has 1 heterocycles. The zero-order chi connectivity index (χ0) is 20.3. The summed E-state index contributed by atoms with van der Waals surface area (Å²) in [6, 6.07) is 11.7. The summed E-state index contributed by atoms with van der Waals surface area (Å²) in [5.41, 5.74) is 3.54. The summed E-state index contributed by atoms with van der Waals surface area (Å²) >= 11 is 0. The van der Waals surface area contributed by atoms with Crippen molar-refractivity contribution in [3.05, 3.63) is 64.7 Å². The molecule has 1 amide bonds. The lowest BCUT2D eigenvalue weighted by atomic mass is 10.00. The van der Waals surface area contributed by atoms with Crippen molar-refractivity contribution in [2.45, 2.75) is 43.8 Å². The van der Waals surface area contributed by atoms with Gasteiger partial charge in [0.25, 0.3) is 5.91 Å². The minimum atomic E-state index is -3.28. The second kappa shape index (κ2) is 8.43. The van der Waals surface area contributed by atoms with E-state index in [1.54, 1.807) is 25.1 Å². The molecule has 0 fully saturated rings. The lowest BCUT2D eigenvalue weighted by Crippen LogP contribution is -2.30. The van der Waals surface area contributed by atoms with Crippen molar-refractivity contribution in [2.75, 3.05) is 12.4 Å². The van der Waals surface area contributed by atoms with Gasteiger partial charge in [-0.25, -0.2) is 8.42 Å². The summed E-state index contributed by atoms with van der Waals surface area (Å²) in [6.45, 7) is 4.17. The maximum atomic E-state index is 12.7. The van der Waals surface area contributed by atoms with Crippen LogP contribution in [0.2, 0.25) is 0 Å². The molecule has 0 saturated carbocycles. The Balaban J connectivity index is 1.75. The lowest BCUT2D eigenvalue weighted by Gasteiger charge is -2.18. The Morgan fingerprint density at radius 1 is 1.21 bits per heavy atom. The summed E-state index contributed by atoms with van der Waals surface area (Å²) in [5.74, 6) is -0.245. The molecule has 0 saturated heterocycles. The maximum absolute atomic E-state index is 12.7. The van der Waals surface area contributed by atoms with Gasteiger partial charge >= 0.3 is 0 Å². The van der Waals surface area contributed by atoms with Gasteiger partial charge in [0, 0.05) is 18.2 Å². The predicted octanol–water partition coefficient (Wildman–Crippen LogP) is 2.50. The minimum absolute atomic E-state index is 0.0264. The largest absolute Gasteiger partial charge is 0.394 e. The zero-order valence-corrected chi connectivity index (χ0v) is 16.9. The average Bonchev–Trinajstić information content (AvgIpc) is 3.14. The Hall–Kier alpha value is -2.22. The Morgan fingerprint density at radius 3 is 2.54 bits per heavy atom. The second-order valence-electron chi connectivity index (χ2n) is 6.94. The first-order chi connectivity index (χ1) is 13.4. The van der Waals surface area contributed by atoms with Gasteiger partial charge < -0.3 is 15.7 Å². The molecule has 3 N–H and O–H groups in total. The number of aliphatic hydroxyl groups excluding tert-OH is 1. The van der Waals surface area contributed by atoms with Crippen LogP contribution in [0.3, 0.4) is 0 Å². The normalized spacial score (nSPS) is 17.2. The number of benzene rings is 2. The van der Waals surface area contributed by atoms with Crippen molar-refractivity contribution in [1.82, 2.24) is 10.6 Å². The number of carbonyl (C=O) groups excluding carboxylic acids is 1. The van der Waals surface area contributed by atoms with Crippen LogP contribution in [-0.4, -0.2) is 31.8 Å². The quantitative estimate of drug-likeness (QED) is 0.661. The first kappa shape index (κ1) is 20.5. The molecule has 2 aromatic rings. The predicted molar refractivity (Wildman–Crippen MR) is 108 cm³/mol. The molecule has 6 nitrogen and oxygen atoms in total. The molecule has 0 bridgehead atoms. The van der Waals surface area contributed by atoms with Crippen molar-refractivity contribution in [3.8, 4) is 0 Å². The van der Waals surface area contributed by atoms with Crippen LogP contribution in [0, 0.1) is 0 Å². The van der Waals surface area contributed by atoms with Crippen molar-refractivity contribution in [1.29, 1.82) is 0 Å². The summed E-state index contributed by atoms with van der Waals surface area (Å²) < 4.78 is 23.9. The van der Waals surface area contributed by atoms with E-state index in [4.69, 9.17) is 0 Å². The minimum Gasteiger partial charge on any atom is -0.394 e. The Kier molecular flexibility index (Phi) is 6.17. The van der Waals surface area contributed by atoms with Gasteiger partial charge in [0.05, 0.1) is 23.3 Å². The van der Waals surface area contributed by atoms with Crippen LogP contribution in [0.1, 0.15) is 59.4 Å². The van der Waals surface area contributed by atoms with Gasteiger partial charge in [0.1, 0.15) is 0 Å². The van der Waals surface area contributed by atoms with Crippen molar-refractivity contribution in [2.24, 2.45) is 0 Å². The van der Waals surface area contributed by atoms with Crippen LogP contribution in [-0.2, 0) is 16.4 Å². The van der Waals surface area contributed by atoms with E-state index in [0.29, 0.717) is 17.2 Å². The van der Waals surface area contributed by atoms with E-state index in [9.17, 15) is 18.3 Å². The van der Waals surface area contributed by atoms with Crippen LogP contribution in [0.5, 0.6) is 0 Å². The van der Waals surface area contributed by atoms with Gasteiger partial charge in [-0.1, -0.05) is 32.0 Å². The van der Waals surface area contributed by atoms with E-state index in [1.807, 2.05) is 12.1 Å². The molecule has 0 aromatic heterocycles. The molecule has 0 spiro atoms. The molecule has 2 aromatic carbocycles. The smallest absolute Gasteiger partial charge is 0.251 e. The van der Waals surface area contributed by atoms with Crippen molar-refractivity contribution < 1.29 is 18.3 Å². The van der Waals surface area contributed by atoms with E-state index in [2.05, 4.69) is 17.6 Å². The number of rotatable bonds is 7. The molecule has 150 valence electrons. The molecule has 0 unspecified atom stereocenters. The van der Waals surface area contributed by atoms with Crippen LogP contribution >= 0.6 is 0 Å². The number of aliphatic hydroxyl groups is 1. The van der Waals surface area contributed by atoms with Crippen molar-refractivity contribution >= 4 is 15.7 Å². The number of hydrogen-bond donors (Lipinski definition) is 3. The van der Waals surface area contributed by atoms with E-state index >= 15 is 0 Å². The first-order valence-electron chi connectivity index (χ1n) is 9.50. The van der Waals surface area contributed by atoms with Gasteiger partial charge in [-0.15, -0.1) is 0 Å². The molecular weight excluding hydrogens is 376 g/mol. The van der Waals surface area contributed by atoms with E-state index in [-0.39, 0.29) is 23.2 Å². The second-order valence-corrected chi connectivity index (χ2v) is 9.21. The number of fused-ring (bicyclic) bond motifs is 1. The highest BCUT2D eigenvalue weighted by atomic mass is 32.2. The number of amides is 1. The molecule has 1 aliphatic heterocycles. The fraction of sp³-hybridized carbons (Fsp3) is 0.381. The van der Waals surface area contributed by atoms with Gasteiger partial charge in [0.2, 0.25) is 0 Å². The topological polar surface area (TPSA) is 95.5 Å². The Bertz CT molecular complexity index is 955. The highest BCUT2D eigenvalue weighted by molar-refractivity contribution is 7.91. The third kappa shape index (κ3) is 4.11. The molecule has 1 aliphatic rings. The van der Waals surface area contributed by atoms with Gasteiger partial charge in [-0.3, -0.25) is 4.79 Å². The summed E-state index contributed by atoms with van der Waals surface area (Å²) in [7, 11) is -3.28. The van der Waals surface area contributed by atoms with E-state index in [1.165, 1.54) is 17.7 Å². The molecule has 3 rings (SSSR count). The molecule has 7 heteroatoms. The van der Waals surface area contributed by atoms with Crippen molar-refractivity contribution in [3.63, 3.8) is 0 Å². The van der Waals surface area contributed by atoms with Gasteiger partial charge in [-0.2, -0.15) is 0 Å². The SMILES string of the molecule is CC[C@H]1NCc2cc(C(=O)N[C@@H](CO)c3ccc(S(=O)(=O)CC)cc3)ccc21. The Morgan fingerprint density at radius 2 is 1.93 bits per heavy atom. The lowest BCUT2D eigenvalue weighted by molar-refractivity contribution is 0.0916.